The van der Waals surface area contributed by atoms with Gasteiger partial charge in [-0.15, -0.1) is 5.10 Å². The summed E-state index contributed by atoms with van der Waals surface area (Å²) >= 11 is 0. The SMILES string of the molecule is CS(=O)(=O)N[C@@H]1CO[C@@H]2[C@@H]1OC[C@@H]2n1cc(CC2CCCCC2)nn1. The molecule has 3 aliphatic rings. The average molecular weight is 370 g/mol. The molecule has 2 aliphatic heterocycles. The third-order valence-electron chi connectivity index (χ3n) is 5.51. The highest BCUT2D eigenvalue weighted by molar-refractivity contribution is 7.88. The molecule has 1 N–H and O–H groups in total. The minimum absolute atomic E-state index is 0.0519. The Hall–Kier alpha value is -1.03. The molecule has 1 aromatic heterocycles. The number of rotatable bonds is 5. The van der Waals surface area contributed by atoms with Crippen LogP contribution in [0, 0.1) is 5.92 Å². The Morgan fingerprint density at radius 1 is 1.20 bits per heavy atom. The van der Waals surface area contributed by atoms with E-state index in [-0.39, 0.29) is 24.3 Å². The van der Waals surface area contributed by atoms with Crippen LogP contribution in [0.1, 0.15) is 43.8 Å². The van der Waals surface area contributed by atoms with Gasteiger partial charge in [-0.2, -0.15) is 0 Å². The number of hydrogen-bond acceptors (Lipinski definition) is 6. The maximum atomic E-state index is 11.5. The second-order valence-corrected chi connectivity index (χ2v) is 9.34. The minimum atomic E-state index is -3.29. The van der Waals surface area contributed by atoms with Crippen molar-refractivity contribution >= 4 is 10.0 Å². The van der Waals surface area contributed by atoms with E-state index in [1.807, 2.05) is 10.9 Å². The molecule has 0 amide bonds. The molecule has 1 aliphatic carbocycles. The van der Waals surface area contributed by atoms with Crippen molar-refractivity contribution in [3.05, 3.63) is 11.9 Å². The zero-order valence-electron chi connectivity index (χ0n) is 14.5. The van der Waals surface area contributed by atoms with Crippen molar-refractivity contribution in [1.82, 2.24) is 19.7 Å². The summed E-state index contributed by atoms with van der Waals surface area (Å²) in [6.07, 6.45) is 10.2. The van der Waals surface area contributed by atoms with E-state index in [9.17, 15) is 8.42 Å². The van der Waals surface area contributed by atoms with Crippen LogP contribution in [0.2, 0.25) is 0 Å². The predicted octanol–water partition coefficient (Wildman–Crippen LogP) is 0.657. The van der Waals surface area contributed by atoms with Crippen LogP contribution in [-0.4, -0.2) is 61.1 Å². The van der Waals surface area contributed by atoms with E-state index in [1.165, 1.54) is 32.1 Å². The van der Waals surface area contributed by atoms with Gasteiger partial charge in [0, 0.05) is 6.20 Å². The molecule has 0 bridgehead atoms. The summed E-state index contributed by atoms with van der Waals surface area (Å²) in [5.74, 6) is 0.720. The molecule has 0 aromatic carbocycles. The minimum Gasteiger partial charge on any atom is -0.371 e. The Bertz CT molecular complexity index is 701. The molecular formula is C16H26N4O4S. The van der Waals surface area contributed by atoms with E-state index in [2.05, 4.69) is 15.0 Å². The molecule has 4 rings (SSSR count). The van der Waals surface area contributed by atoms with Gasteiger partial charge in [-0.1, -0.05) is 37.3 Å². The highest BCUT2D eigenvalue weighted by Gasteiger charge is 2.49. The van der Waals surface area contributed by atoms with Gasteiger partial charge in [-0.3, -0.25) is 0 Å². The van der Waals surface area contributed by atoms with E-state index in [0.29, 0.717) is 13.2 Å². The van der Waals surface area contributed by atoms with E-state index < -0.39 is 10.0 Å². The summed E-state index contributed by atoms with van der Waals surface area (Å²) in [5, 5.41) is 8.63. The molecule has 0 spiro atoms. The molecule has 0 radical (unpaired) electrons. The monoisotopic (exact) mass is 370 g/mol. The van der Waals surface area contributed by atoms with Crippen LogP contribution < -0.4 is 4.72 Å². The number of nitrogens with one attached hydrogen (secondary N) is 1. The standard InChI is InChI=1S/C16H26N4O4S/c1-25(21,22)18-13-9-23-16-14(10-24-15(13)16)20-8-12(17-19-20)7-11-5-3-2-4-6-11/h8,11,13-16,18H,2-7,9-10H2,1H3/t13-,14+,15-,16+/m1/s1. The summed E-state index contributed by atoms with van der Waals surface area (Å²) in [6, 6.07) is -0.390. The lowest BCUT2D eigenvalue weighted by Gasteiger charge is -2.20. The number of aromatic nitrogens is 3. The fraction of sp³-hybridized carbons (Fsp3) is 0.875. The molecule has 4 atom stereocenters. The van der Waals surface area contributed by atoms with Gasteiger partial charge in [0.05, 0.1) is 31.2 Å². The zero-order valence-corrected chi connectivity index (χ0v) is 15.3. The highest BCUT2D eigenvalue weighted by Crippen LogP contribution is 2.34. The molecule has 1 aromatic rings. The molecule has 2 saturated heterocycles. The molecule has 1 saturated carbocycles. The molecule has 9 heteroatoms. The summed E-state index contributed by atoms with van der Waals surface area (Å²) in [5.41, 5.74) is 1.03. The number of hydrogen-bond donors (Lipinski definition) is 1. The van der Waals surface area contributed by atoms with Crippen molar-refractivity contribution in [2.45, 2.75) is 62.8 Å². The molecule has 3 heterocycles. The van der Waals surface area contributed by atoms with Crippen molar-refractivity contribution in [3.63, 3.8) is 0 Å². The fourth-order valence-corrected chi connectivity index (χ4v) is 5.09. The quantitative estimate of drug-likeness (QED) is 0.818. The second kappa shape index (κ2) is 6.94. The topological polar surface area (TPSA) is 95.3 Å². The number of nitrogens with zero attached hydrogens (tertiary/aromatic N) is 3. The van der Waals surface area contributed by atoms with Gasteiger partial charge < -0.3 is 9.47 Å². The molecule has 25 heavy (non-hydrogen) atoms. The van der Waals surface area contributed by atoms with Gasteiger partial charge in [0.2, 0.25) is 10.0 Å². The Labute approximate surface area is 148 Å². The lowest BCUT2D eigenvalue weighted by atomic mass is 9.86. The Morgan fingerprint density at radius 3 is 2.72 bits per heavy atom. The van der Waals surface area contributed by atoms with Crippen LogP contribution in [0.3, 0.4) is 0 Å². The Morgan fingerprint density at radius 2 is 1.96 bits per heavy atom. The van der Waals surface area contributed by atoms with Gasteiger partial charge >= 0.3 is 0 Å². The van der Waals surface area contributed by atoms with Crippen LogP contribution >= 0.6 is 0 Å². The molecule has 3 fully saturated rings. The van der Waals surface area contributed by atoms with Crippen molar-refractivity contribution in [1.29, 1.82) is 0 Å². The van der Waals surface area contributed by atoms with E-state index in [1.54, 1.807) is 0 Å². The highest BCUT2D eigenvalue weighted by atomic mass is 32.2. The predicted molar refractivity (Wildman–Crippen MR) is 90.6 cm³/mol. The molecule has 0 unspecified atom stereocenters. The van der Waals surface area contributed by atoms with E-state index in [4.69, 9.17) is 9.47 Å². The third kappa shape index (κ3) is 3.89. The Kier molecular flexibility index (Phi) is 4.83. The summed E-state index contributed by atoms with van der Waals surface area (Å²) in [4.78, 5) is 0. The number of sulfonamides is 1. The largest absolute Gasteiger partial charge is 0.371 e. The van der Waals surface area contributed by atoms with Gasteiger partial charge in [0.15, 0.2) is 0 Å². The Balaban J connectivity index is 1.40. The summed E-state index contributed by atoms with van der Waals surface area (Å²) in [7, 11) is -3.29. The molecular weight excluding hydrogens is 344 g/mol. The van der Waals surface area contributed by atoms with Crippen LogP contribution in [0.25, 0.3) is 0 Å². The smallest absolute Gasteiger partial charge is 0.209 e. The first-order valence-corrected chi connectivity index (χ1v) is 11.0. The van der Waals surface area contributed by atoms with Gasteiger partial charge in [-0.05, 0) is 12.3 Å². The number of ether oxygens (including phenoxy) is 2. The van der Waals surface area contributed by atoms with Crippen LogP contribution in [0.15, 0.2) is 6.20 Å². The van der Waals surface area contributed by atoms with Crippen LogP contribution in [0.5, 0.6) is 0 Å². The molecule has 140 valence electrons. The van der Waals surface area contributed by atoms with Crippen molar-refractivity contribution in [2.24, 2.45) is 5.92 Å². The zero-order chi connectivity index (χ0) is 17.4. The van der Waals surface area contributed by atoms with Gasteiger partial charge in [-0.25, -0.2) is 17.8 Å². The molecule has 8 nitrogen and oxygen atoms in total. The number of fused-ring (bicyclic) bond motifs is 1. The van der Waals surface area contributed by atoms with E-state index >= 15 is 0 Å². The first-order chi connectivity index (χ1) is 12.0. The van der Waals surface area contributed by atoms with Crippen molar-refractivity contribution in [3.8, 4) is 0 Å². The maximum absolute atomic E-state index is 11.5. The van der Waals surface area contributed by atoms with Crippen molar-refractivity contribution < 1.29 is 17.9 Å². The lowest BCUT2D eigenvalue weighted by molar-refractivity contribution is 0.0624. The average Bonchev–Trinajstić information content (AvgIpc) is 3.25. The fourth-order valence-electron chi connectivity index (χ4n) is 4.34. The van der Waals surface area contributed by atoms with E-state index in [0.717, 1.165) is 24.3 Å². The van der Waals surface area contributed by atoms with Crippen LogP contribution in [-0.2, 0) is 25.9 Å². The van der Waals surface area contributed by atoms with Gasteiger partial charge in [0.25, 0.3) is 0 Å². The van der Waals surface area contributed by atoms with Crippen molar-refractivity contribution in [2.75, 3.05) is 19.5 Å². The van der Waals surface area contributed by atoms with Gasteiger partial charge in [0.1, 0.15) is 18.2 Å². The third-order valence-corrected chi connectivity index (χ3v) is 6.24. The first kappa shape index (κ1) is 17.4. The summed E-state index contributed by atoms with van der Waals surface area (Å²) < 4.78 is 39.0. The second-order valence-electron chi connectivity index (χ2n) is 7.56. The van der Waals surface area contributed by atoms with Crippen LogP contribution in [0.4, 0.5) is 0 Å². The maximum Gasteiger partial charge on any atom is 0.209 e. The lowest BCUT2D eigenvalue weighted by Crippen LogP contribution is -2.43. The first-order valence-electron chi connectivity index (χ1n) is 9.11. The normalized spacial score (nSPS) is 33.6. The summed E-state index contributed by atoms with van der Waals surface area (Å²) in [6.45, 7) is 0.784.